The van der Waals surface area contributed by atoms with Gasteiger partial charge in [-0.1, -0.05) is 19.3 Å². The van der Waals surface area contributed by atoms with Crippen LogP contribution in [0.5, 0.6) is 11.5 Å². The molecule has 4 nitrogen and oxygen atoms in total. The molecule has 1 aliphatic carbocycles. The van der Waals surface area contributed by atoms with E-state index in [-0.39, 0.29) is 6.61 Å². The molecule has 5 heteroatoms. The lowest BCUT2D eigenvalue weighted by Gasteiger charge is -2.32. The predicted octanol–water partition coefficient (Wildman–Crippen LogP) is 3.73. The fourth-order valence-electron chi connectivity index (χ4n) is 2.62. The largest absolute Gasteiger partial charge is 0.490 e. The Hall–Kier alpha value is -1.07. The van der Waals surface area contributed by atoms with E-state index in [4.69, 9.17) is 9.47 Å². The Morgan fingerprint density at radius 1 is 1.29 bits per heavy atom. The summed E-state index contributed by atoms with van der Waals surface area (Å²) in [4.78, 5) is 10.9. The number of halogens is 1. The van der Waals surface area contributed by atoms with Gasteiger partial charge in [0.1, 0.15) is 12.9 Å². The molecule has 0 amide bonds. The number of benzene rings is 1. The summed E-state index contributed by atoms with van der Waals surface area (Å²) in [6, 6.07) is 3.34. The highest BCUT2D eigenvalue weighted by atomic mass is 79.9. The average Bonchev–Trinajstić information content (AvgIpc) is 2.47. The number of aliphatic hydroxyl groups is 1. The van der Waals surface area contributed by atoms with Crippen molar-refractivity contribution in [1.29, 1.82) is 0 Å². The molecule has 1 N–H and O–H groups in total. The van der Waals surface area contributed by atoms with Gasteiger partial charge in [-0.05, 0) is 47.8 Å². The summed E-state index contributed by atoms with van der Waals surface area (Å²) in [6.45, 7) is 2.60. The minimum absolute atomic E-state index is 0.242. The van der Waals surface area contributed by atoms with Crippen molar-refractivity contribution in [1.82, 2.24) is 0 Å². The normalized spacial score (nSPS) is 17.3. The maximum atomic E-state index is 10.9. The Kier molecular flexibility index (Phi) is 5.65. The summed E-state index contributed by atoms with van der Waals surface area (Å²) in [5, 5.41) is 10.5. The summed E-state index contributed by atoms with van der Waals surface area (Å²) >= 11 is 3.41. The van der Waals surface area contributed by atoms with Gasteiger partial charge >= 0.3 is 0 Å². The van der Waals surface area contributed by atoms with E-state index in [1.54, 1.807) is 12.1 Å². The number of hydrogen-bond acceptors (Lipinski definition) is 4. The molecule has 0 saturated heterocycles. The molecule has 1 aliphatic rings. The average molecular weight is 357 g/mol. The third-order valence-corrected chi connectivity index (χ3v) is 4.33. The third kappa shape index (κ3) is 4.20. The van der Waals surface area contributed by atoms with Crippen LogP contribution < -0.4 is 9.47 Å². The summed E-state index contributed by atoms with van der Waals surface area (Å²) in [5.74, 6) is 1.06. The third-order valence-electron chi connectivity index (χ3n) is 3.74. The Morgan fingerprint density at radius 3 is 2.62 bits per heavy atom. The molecule has 0 radical (unpaired) electrons. The van der Waals surface area contributed by atoms with Crippen molar-refractivity contribution in [3.05, 3.63) is 22.2 Å². The minimum Gasteiger partial charge on any atom is -0.490 e. The molecule has 0 aliphatic heterocycles. The highest BCUT2D eigenvalue weighted by Gasteiger charge is 2.30. The summed E-state index contributed by atoms with van der Waals surface area (Å²) < 4.78 is 12.0. The van der Waals surface area contributed by atoms with E-state index < -0.39 is 5.60 Å². The Morgan fingerprint density at radius 2 is 2.00 bits per heavy atom. The van der Waals surface area contributed by atoms with Gasteiger partial charge < -0.3 is 14.6 Å². The zero-order valence-electron chi connectivity index (χ0n) is 12.2. The van der Waals surface area contributed by atoms with Crippen LogP contribution in [-0.2, 0) is 0 Å². The molecule has 2 rings (SSSR count). The lowest BCUT2D eigenvalue weighted by molar-refractivity contribution is -0.0346. The molecule has 21 heavy (non-hydrogen) atoms. The summed E-state index contributed by atoms with van der Waals surface area (Å²) in [6.07, 6.45) is 5.53. The zero-order chi connectivity index (χ0) is 15.3. The van der Waals surface area contributed by atoms with Gasteiger partial charge in [0.05, 0.1) is 16.7 Å². The number of hydrogen-bond donors (Lipinski definition) is 1. The van der Waals surface area contributed by atoms with Crippen molar-refractivity contribution in [2.45, 2.75) is 44.6 Å². The molecule has 116 valence electrons. The van der Waals surface area contributed by atoms with Crippen LogP contribution in [0.2, 0.25) is 0 Å². The van der Waals surface area contributed by atoms with Gasteiger partial charge in [-0.2, -0.15) is 0 Å². The second-order valence-electron chi connectivity index (χ2n) is 5.45. The molecule has 0 bridgehead atoms. The first kappa shape index (κ1) is 16.3. The van der Waals surface area contributed by atoms with Gasteiger partial charge in [0.2, 0.25) is 0 Å². The molecule has 1 fully saturated rings. The van der Waals surface area contributed by atoms with Crippen LogP contribution in [0.15, 0.2) is 16.6 Å². The number of carbonyl (C=O) groups excluding carboxylic acids is 1. The van der Waals surface area contributed by atoms with E-state index in [2.05, 4.69) is 15.9 Å². The topological polar surface area (TPSA) is 55.8 Å². The van der Waals surface area contributed by atoms with Crippen LogP contribution in [0.4, 0.5) is 0 Å². The van der Waals surface area contributed by atoms with Crippen LogP contribution >= 0.6 is 15.9 Å². The van der Waals surface area contributed by atoms with Gasteiger partial charge in [-0.15, -0.1) is 0 Å². The van der Waals surface area contributed by atoms with Crippen LogP contribution in [0, 0.1) is 0 Å². The zero-order valence-corrected chi connectivity index (χ0v) is 13.8. The number of carbonyl (C=O) groups is 1. The maximum absolute atomic E-state index is 10.9. The lowest BCUT2D eigenvalue weighted by atomic mass is 9.85. The highest BCUT2D eigenvalue weighted by molar-refractivity contribution is 9.10. The van der Waals surface area contributed by atoms with E-state index in [1.807, 2.05) is 6.92 Å². The maximum Gasteiger partial charge on any atom is 0.175 e. The lowest BCUT2D eigenvalue weighted by Crippen LogP contribution is -2.38. The molecule has 0 spiro atoms. The first-order chi connectivity index (χ1) is 10.1. The molecule has 0 unspecified atom stereocenters. The minimum atomic E-state index is -0.759. The molecular formula is C16H21BrO4. The van der Waals surface area contributed by atoms with E-state index >= 15 is 0 Å². The van der Waals surface area contributed by atoms with Crippen molar-refractivity contribution in [3.8, 4) is 11.5 Å². The Labute approximate surface area is 133 Å². The Bertz CT molecular complexity index is 495. The van der Waals surface area contributed by atoms with Gasteiger partial charge in [-0.25, -0.2) is 0 Å². The smallest absolute Gasteiger partial charge is 0.175 e. The van der Waals surface area contributed by atoms with Crippen LogP contribution in [0.1, 0.15) is 49.4 Å². The molecule has 1 saturated carbocycles. The standard InChI is InChI=1S/C16H21BrO4/c1-2-20-14-9-12(10-18)8-13(17)15(14)21-11-16(19)6-4-3-5-7-16/h8-10,19H,2-7,11H2,1H3. The quantitative estimate of drug-likeness (QED) is 0.789. The van der Waals surface area contributed by atoms with Crippen molar-refractivity contribution in [2.75, 3.05) is 13.2 Å². The SMILES string of the molecule is CCOc1cc(C=O)cc(Br)c1OCC1(O)CCCCC1. The van der Waals surface area contributed by atoms with E-state index in [0.29, 0.717) is 28.1 Å². The number of ether oxygens (including phenoxy) is 2. The first-order valence-corrected chi connectivity index (χ1v) is 8.14. The van der Waals surface area contributed by atoms with E-state index in [0.717, 1.165) is 32.0 Å². The molecule has 0 atom stereocenters. The van der Waals surface area contributed by atoms with Gasteiger partial charge in [0.25, 0.3) is 0 Å². The van der Waals surface area contributed by atoms with Gasteiger partial charge in [0, 0.05) is 5.56 Å². The van der Waals surface area contributed by atoms with E-state index in [1.165, 1.54) is 6.42 Å². The summed E-state index contributed by atoms with van der Waals surface area (Å²) in [7, 11) is 0. The van der Waals surface area contributed by atoms with Crippen LogP contribution in [-0.4, -0.2) is 30.2 Å². The fourth-order valence-corrected chi connectivity index (χ4v) is 3.19. The number of aldehydes is 1. The van der Waals surface area contributed by atoms with E-state index in [9.17, 15) is 9.90 Å². The van der Waals surface area contributed by atoms with Crippen molar-refractivity contribution < 1.29 is 19.4 Å². The van der Waals surface area contributed by atoms with Crippen LogP contribution in [0.25, 0.3) is 0 Å². The number of rotatable bonds is 6. The molecule has 1 aromatic carbocycles. The summed E-state index contributed by atoms with van der Waals surface area (Å²) in [5.41, 5.74) is -0.237. The highest BCUT2D eigenvalue weighted by Crippen LogP contribution is 2.38. The predicted molar refractivity (Wildman–Crippen MR) is 84.2 cm³/mol. The Balaban J connectivity index is 2.16. The van der Waals surface area contributed by atoms with Crippen LogP contribution in [0.3, 0.4) is 0 Å². The van der Waals surface area contributed by atoms with Crippen molar-refractivity contribution >= 4 is 22.2 Å². The molecule has 1 aromatic rings. The molecular weight excluding hydrogens is 336 g/mol. The fraction of sp³-hybridized carbons (Fsp3) is 0.562. The second-order valence-corrected chi connectivity index (χ2v) is 6.31. The van der Waals surface area contributed by atoms with Crippen molar-refractivity contribution in [2.24, 2.45) is 0 Å². The molecule has 0 aromatic heterocycles. The van der Waals surface area contributed by atoms with Gasteiger partial charge in [0.15, 0.2) is 11.5 Å². The molecule has 0 heterocycles. The monoisotopic (exact) mass is 356 g/mol. The van der Waals surface area contributed by atoms with Gasteiger partial charge in [-0.3, -0.25) is 4.79 Å². The van der Waals surface area contributed by atoms with Crippen molar-refractivity contribution in [3.63, 3.8) is 0 Å². The second kappa shape index (κ2) is 7.27. The first-order valence-electron chi connectivity index (χ1n) is 7.35.